The number of aromatic hydroxyl groups is 3. The van der Waals surface area contributed by atoms with E-state index < -0.39 is 169 Å². The molecule has 13 N–H and O–H groups in total. The van der Waals surface area contributed by atoms with Crippen molar-refractivity contribution in [2.45, 2.75) is 144 Å². The fraction of sp³-hybridized carbons (Fsp3) is 0.520. The predicted octanol–water partition coefficient (Wildman–Crippen LogP) is -2.05. The average molecular weight is 1090 g/mol. The van der Waals surface area contributed by atoms with Gasteiger partial charge in [0.25, 0.3) is 0 Å². The number of ether oxygens (including phenoxy) is 11. The molecule has 4 aliphatic rings. The SMILES string of the molecule is COc1cc(C=CC(=O)OC2C(COC3OC(C)C(O)C(O)C3O)OC(Oc3c(-c4ccc(O)c(OC)c4)oc4cc(OC5OC(C)C(O)C(O)C5O)cc(O)c4c3=O)C(OC3OC(C)C(O)C(O)C3O)C2O)ccc1O. The molecule has 0 saturated carbocycles. The number of aliphatic hydroxyl groups is 10. The predicted molar refractivity (Wildman–Crippen MR) is 255 cm³/mol. The molecule has 4 aromatic rings. The third-order valence-corrected chi connectivity index (χ3v) is 13.5. The summed E-state index contributed by atoms with van der Waals surface area (Å²) in [7, 11) is 2.52. The number of benzene rings is 3. The van der Waals surface area contributed by atoms with E-state index in [1.54, 1.807) is 0 Å². The molecule has 8 rings (SSSR count). The molecule has 27 nitrogen and oxygen atoms in total. The second-order valence-corrected chi connectivity index (χ2v) is 18.7. The van der Waals surface area contributed by atoms with E-state index in [1.807, 2.05) is 0 Å². The van der Waals surface area contributed by atoms with E-state index in [2.05, 4.69) is 0 Å². The molecule has 4 aliphatic heterocycles. The van der Waals surface area contributed by atoms with E-state index in [9.17, 15) is 76.0 Å². The number of phenols is 3. The number of hydrogen-bond acceptors (Lipinski definition) is 27. The summed E-state index contributed by atoms with van der Waals surface area (Å²) in [5, 5.41) is 140. The zero-order valence-electron chi connectivity index (χ0n) is 41.6. The van der Waals surface area contributed by atoms with Crippen LogP contribution in [0.25, 0.3) is 28.4 Å². The Morgan fingerprint density at radius 1 is 0.584 bits per heavy atom. The van der Waals surface area contributed by atoms with Crippen LogP contribution in [0.15, 0.2) is 63.8 Å². The molecule has 422 valence electrons. The van der Waals surface area contributed by atoms with Crippen LogP contribution >= 0.6 is 0 Å². The van der Waals surface area contributed by atoms with E-state index in [0.29, 0.717) is 5.56 Å². The topological polar surface area (TPSA) is 412 Å². The van der Waals surface area contributed by atoms with Gasteiger partial charge < -0.3 is 123 Å². The molecule has 77 heavy (non-hydrogen) atoms. The van der Waals surface area contributed by atoms with Gasteiger partial charge in [-0.1, -0.05) is 6.07 Å². The smallest absolute Gasteiger partial charge is 0.331 e. The molecule has 3 aromatic carbocycles. The summed E-state index contributed by atoms with van der Waals surface area (Å²) in [4.78, 5) is 28.7. The molecule has 0 aliphatic carbocycles. The summed E-state index contributed by atoms with van der Waals surface area (Å²) in [6, 6.07) is 9.78. The maximum Gasteiger partial charge on any atom is 0.331 e. The highest BCUT2D eigenvalue weighted by atomic mass is 16.8. The Bertz CT molecular complexity index is 2800. The maximum atomic E-state index is 15.0. The first-order valence-corrected chi connectivity index (χ1v) is 24.0. The molecule has 4 fully saturated rings. The van der Waals surface area contributed by atoms with Gasteiger partial charge in [0, 0.05) is 23.8 Å². The van der Waals surface area contributed by atoms with Crippen LogP contribution in [0.4, 0.5) is 0 Å². The molecule has 5 heterocycles. The van der Waals surface area contributed by atoms with Crippen LogP contribution < -0.4 is 24.4 Å². The van der Waals surface area contributed by atoms with Gasteiger partial charge in [-0.2, -0.15) is 0 Å². The first-order chi connectivity index (χ1) is 36.5. The quantitative estimate of drug-likeness (QED) is 0.0450. The van der Waals surface area contributed by atoms with Crippen molar-refractivity contribution in [3.05, 3.63) is 70.4 Å². The highest BCUT2D eigenvalue weighted by Gasteiger charge is 2.54. The number of carbonyl (C=O) groups is 1. The third kappa shape index (κ3) is 11.8. The van der Waals surface area contributed by atoms with Crippen LogP contribution in [0.3, 0.4) is 0 Å². The van der Waals surface area contributed by atoms with E-state index in [-0.39, 0.29) is 34.3 Å². The van der Waals surface area contributed by atoms with Crippen molar-refractivity contribution in [1.82, 2.24) is 0 Å². The standard InChI is InChI=1S/C50H60O27/c1-17-32(55)36(59)39(62)47(69-17)68-16-29-44(75-30(54)11-7-20-6-9-23(51)26(12-20)66-4)42(65)46(77-49-41(64)38(61)34(57)19(3)71-49)50(74-29)76-45-35(58)31-25(53)14-22(72-48-40(63)37(60)33(56)18(2)70-48)15-28(31)73-43(45)21-8-10-24(52)27(13-21)67-5/h6-15,17-19,29,32-34,36-42,44,46-53,55-57,59-65H,16H2,1-5H3. The van der Waals surface area contributed by atoms with Gasteiger partial charge in [0.2, 0.25) is 23.8 Å². The molecular formula is C50H60O27. The number of methoxy groups -OCH3 is 2. The molecule has 4 saturated heterocycles. The average Bonchev–Trinajstić information content (AvgIpc) is 3.40. The lowest BCUT2D eigenvalue weighted by Crippen LogP contribution is -2.65. The van der Waals surface area contributed by atoms with Crippen LogP contribution in [0.5, 0.6) is 40.2 Å². The number of aliphatic hydroxyl groups excluding tert-OH is 10. The Hall–Kier alpha value is -5.96. The van der Waals surface area contributed by atoms with E-state index in [4.69, 9.17) is 56.5 Å². The van der Waals surface area contributed by atoms with Crippen LogP contribution in [-0.2, 0) is 38.0 Å². The number of phenolic OH excluding ortho intramolecular Hbond substituents is 3. The monoisotopic (exact) mass is 1090 g/mol. The van der Waals surface area contributed by atoms with Gasteiger partial charge in [0.15, 0.2) is 53.5 Å². The first-order valence-electron chi connectivity index (χ1n) is 24.0. The zero-order valence-corrected chi connectivity index (χ0v) is 41.6. The molecule has 0 spiro atoms. The van der Waals surface area contributed by atoms with Gasteiger partial charge in [0.05, 0.1) is 39.1 Å². The first kappa shape index (κ1) is 57.2. The van der Waals surface area contributed by atoms with Crippen molar-refractivity contribution in [2.75, 3.05) is 20.8 Å². The lowest BCUT2D eigenvalue weighted by Gasteiger charge is -2.47. The molecule has 0 bridgehead atoms. The maximum absolute atomic E-state index is 15.0. The molecule has 1 aromatic heterocycles. The summed E-state index contributed by atoms with van der Waals surface area (Å²) < 4.78 is 69.7. The number of fused-ring (bicyclic) bond motifs is 1. The minimum Gasteiger partial charge on any atom is -0.507 e. The van der Waals surface area contributed by atoms with Crippen molar-refractivity contribution < 1.29 is 128 Å². The van der Waals surface area contributed by atoms with Gasteiger partial charge >= 0.3 is 5.97 Å². The number of rotatable bonds is 15. The van der Waals surface area contributed by atoms with Gasteiger partial charge in [-0.15, -0.1) is 0 Å². The van der Waals surface area contributed by atoms with Gasteiger partial charge in [-0.3, -0.25) is 4.79 Å². The summed E-state index contributed by atoms with van der Waals surface area (Å²) in [6.07, 6.45) is -32.4. The Kier molecular flexibility index (Phi) is 17.5. The normalized spacial score (nSPS) is 35.6. The molecule has 0 radical (unpaired) electrons. The third-order valence-electron chi connectivity index (χ3n) is 13.5. The fourth-order valence-electron chi connectivity index (χ4n) is 8.97. The van der Waals surface area contributed by atoms with Gasteiger partial charge in [0.1, 0.15) is 89.6 Å². The van der Waals surface area contributed by atoms with Crippen molar-refractivity contribution in [1.29, 1.82) is 0 Å². The summed E-state index contributed by atoms with van der Waals surface area (Å²) >= 11 is 0. The molecule has 27 heteroatoms. The van der Waals surface area contributed by atoms with E-state index in [1.165, 1.54) is 71.4 Å². The van der Waals surface area contributed by atoms with Gasteiger partial charge in [-0.25, -0.2) is 4.79 Å². The van der Waals surface area contributed by atoms with Gasteiger partial charge in [-0.05, 0) is 62.7 Å². The minimum atomic E-state index is -2.20. The highest BCUT2D eigenvalue weighted by Crippen LogP contribution is 2.42. The Labute approximate surface area is 436 Å². The second kappa shape index (κ2) is 23.6. The summed E-state index contributed by atoms with van der Waals surface area (Å²) in [5.74, 6) is -4.27. The highest BCUT2D eigenvalue weighted by molar-refractivity contribution is 5.89. The fourth-order valence-corrected chi connectivity index (χ4v) is 8.97. The number of hydrogen-bond donors (Lipinski definition) is 13. The molecular weight excluding hydrogens is 1030 g/mol. The van der Waals surface area contributed by atoms with Crippen LogP contribution in [0.2, 0.25) is 0 Å². The van der Waals surface area contributed by atoms with E-state index in [0.717, 1.165) is 24.3 Å². The van der Waals surface area contributed by atoms with Crippen molar-refractivity contribution in [2.24, 2.45) is 0 Å². The summed E-state index contributed by atoms with van der Waals surface area (Å²) in [5.41, 5.74) is -1.32. The molecule has 0 amide bonds. The van der Waals surface area contributed by atoms with Crippen LogP contribution in [-0.4, -0.2) is 216 Å². The number of esters is 1. The lowest BCUT2D eigenvalue weighted by molar-refractivity contribution is -0.360. The Balaban J connectivity index is 1.23. The summed E-state index contributed by atoms with van der Waals surface area (Å²) in [6.45, 7) is 3.28. The Morgan fingerprint density at radius 2 is 1.14 bits per heavy atom. The minimum absolute atomic E-state index is 0.0593. The van der Waals surface area contributed by atoms with Crippen molar-refractivity contribution in [3.8, 4) is 51.6 Å². The Morgan fingerprint density at radius 3 is 1.77 bits per heavy atom. The van der Waals surface area contributed by atoms with Crippen molar-refractivity contribution in [3.63, 3.8) is 0 Å². The molecule has 20 atom stereocenters. The number of carbonyl (C=O) groups excluding carboxylic acids is 1. The van der Waals surface area contributed by atoms with Crippen LogP contribution in [0, 0.1) is 0 Å². The zero-order chi connectivity index (χ0) is 55.9. The van der Waals surface area contributed by atoms with Crippen molar-refractivity contribution >= 4 is 23.0 Å². The second-order valence-electron chi connectivity index (χ2n) is 18.7. The van der Waals surface area contributed by atoms with Crippen LogP contribution in [0.1, 0.15) is 26.3 Å². The largest absolute Gasteiger partial charge is 0.507 e. The molecule has 20 unspecified atom stereocenters. The van der Waals surface area contributed by atoms with E-state index >= 15 is 0 Å². The lowest BCUT2D eigenvalue weighted by atomic mass is 9.97.